The number of aliphatic imine (C=N–C) groups is 1. The summed E-state index contributed by atoms with van der Waals surface area (Å²) in [6.07, 6.45) is 5.80. The molecule has 2 aliphatic rings. The molecule has 0 aromatic carbocycles. The Labute approximate surface area is 128 Å². The number of esters is 1. The monoisotopic (exact) mass is 302 g/mol. The summed E-state index contributed by atoms with van der Waals surface area (Å²) in [6.45, 7) is 5.59. The van der Waals surface area contributed by atoms with E-state index in [1.54, 1.807) is 19.1 Å². The summed E-state index contributed by atoms with van der Waals surface area (Å²) in [5, 5.41) is 2.81. The molecule has 0 aromatic rings. The zero-order valence-electron chi connectivity index (χ0n) is 12.8. The average molecular weight is 302 g/mol. The smallest absolute Gasteiger partial charge is 0.399 e. The first-order valence-corrected chi connectivity index (χ1v) is 7.18. The standard InChI is InChI=1S/C16H18N2O4/c1-4-11-9(3)12-7-6-10(8-13(12)18-14(11)19)17-15(20)16(21)22-5-2/h6-8,12H,4-5H2,1-3H3,(H,18,19). The van der Waals surface area contributed by atoms with Crippen molar-refractivity contribution in [2.75, 3.05) is 6.61 Å². The highest BCUT2D eigenvalue weighted by Gasteiger charge is 2.29. The molecule has 22 heavy (non-hydrogen) atoms. The number of fused-ring (bicyclic) bond motifs is 1. The van der Waals surface area contributed by atoms with Crippen LogP contribution in [0.5, 0.6) is 0 Å². The van der Waals surface area contributed by atoms with E-state index in [9.17, 15) is 14.4 Å². The molecule has 0 saturated carbocycles. The van der Waals surface area contributed by atoms with Gasteiger partial charge in [-0.15, -0.1) is 0 Å². The Morgan fingerprint density at radius 2 is 2.09 bits per heavy atom. The van der Waals surface area contributed by atoms with Crippen molar-refractivity contribution in [3.63, 3.8) is 0 Å². The molecule has 6 heteroatoms. The second kappa shape index (κ2) is 6.51. The summed E-state index contributed by atoms with van der Waals surface area (Å²) in [5.74, 6) is -2.10. The summed E-state index contributed by atoms with van der Waals surface area (Å²) < 4.78 is 4.60. The first kappa shape index (κ1) is 15.9. The Balaban J connectivity index is 2.26. The Morgan fingerprint density at radius 3 is 2.73 bits per heavy atom. The first-order chi connectivity index (χ1) is 10.5. The number of nitrogens with zero attached hydrogens (tertiary/aromatic N) is 1. The molecule has 0 saturated heterocycles. The minimum absolute atomic E-state index is 0.0238. The SMILES string of the molecule is CCOC(=O)C(=O)N=C1C=CC2C(=C1)NC(=O)C(CC)=C2C. The zero-order chi connectivity index (χ0) is 16.3. The molecule has 6 nitrogen and oxygen atoms in total. The van der Waals surface area contributed by atoms with E-state index in [2.05, 4.69) is 15.0 Å². The van der Waals surface area contributed by atoms with Gasteiger partial charge in [-0.05, 0) is 32.4 Å². The minimum atomic E-state index is -0.985. The van der Waals surface area contributed by atoms with Crippen LogP contribution in [0.4, 0.5) is 0 Å². The summed E-state index contributed by atoms with van der Waals surface area (Å²) in [6, 6.07) is 0. The highest BCUT2D eigenvalue weighted by molar-refractivity contribution is 6.36. The molecule has 1 unspecified atom stereocenters. The number of allylic oxidation sites excluding steroid dienone is 3. The third-order valence-corrected chi connectivity index (χ3v) is 3.61. The van der Waals surface area contributed by atoms with Crippen molar-refractivity contribution in [1.29, 1.82) is 0 Å². The van der Waals surface area contributed by atoms with E-state index < -0.39 is 11.9 Å². The highest BCUT2D eigenvalue weighted by atomic mass is 16.5. The molecule has 0 fully saturated rings. The fourth-order valence-corrected chi connectivity index (χ4v) is 2.53. The van der Waals surface area contributed by atoms with Crippen LogP contribution < -0.4 is 5.32 Å². The lowest BCUT2D eigenvalue weighted by Crippen LogP contribution is -2.36. The molecule has 0 bridgehead atoms. The maximum Gasteiger partial charge on any atom is 0.399 e. The summed E-state index contributed by atoms with van der Waals surface area (Å²) in [5.41, 5.74) is 2.74. The number of hydrogen-bond acceptors (Lipinski definition) is 4. The molecule has 0 aromatic heterocycles. The number of amides is 2. The lowest BCUT2D eigenvalue weighted by molar-refractivity contribution is -0.152. The summed E-state index contributed by atoms with van der Waals surface area (Å²) in [4.78, 5) is 38.6. The van der Waals surface area contributed by atoms with Crippen LogP contribution in [0.15, 0.2) is 40.1 Å². The number of nitrogens with one attached hydrogen (secondary N) is 1. The largest absolute Gasteiger partial charge is 0.459 e. The average Bonchev–Trinajstić information content (AvgIpc) is 2.47. The minimum Gasteiger partial charge on any atom is -0.459 e. The molecule has 1 aliphatic heterocycles. The van der Waals surface area contributed by atoms with Gasteiger partial charge in [0.15, 0.2) is 0 Å². The van der Waals surface area contributed by atoms with Crippen molar-refractivity contribution in [3.05, 3.63) is 35.1 Å². The van der Waals surface area contributed by atoms with Gasteiger partial charge in [-0.25, -0.2) is 9.79 Å². The van der Waals surface area contributed by atoms with Gasteiger partial charge in [0.05, 0.1) is 12.3 Å². The number of carbonyl (C=O) groups excluding carboxylic acids is 3. The summed E-state index contributed by atoms with van der Waals surface area (Å²) >= 11 is 0. The lowest BCUT2D eigenvalue weighted by Gasteiger charge is -2.29. The molecule has 0 radical (unpaired) electrons. The van der Waals surface area contributed by atoms with E-state index >= 15 is 0 Å². The van der Waals surface area contributed by atoms with Gasteiger partial charge in [-0.2, -0.15) is 0 Å². The van der Waals surface area contributed by atoms with Crippen molar-refractivity contribution in [3.8, 4) is 0 Å². The van der Waals surface area contributed by atoms with Crippen molar-refractivity contribution < 1.29 is 19.1 Å². The third-order valence-electron chi connectivity index (χ3n) is 3.61. The Kier molecular flexibility index (Phi) is 4.70. The molecule has 1 aliphatic carbocycles. The molecule has 1 N–H and O–H groups in total. The van der Waals surface area contributed by atoms with Gasteiger partial charge >= 0.3 is 11.9 Å². The molecular formula is C16H18N2O4. The molecule has 0 spiro atoms. The topological polar surface area (TPSA) is 84.8 Å². The number of rotatable bonds is 2. The van der Waals surface area contributed by atoms with Gasteiger partial charge in [0.1, 0.15) is 0 Å². The quantitative estimate of drug-likeness (QED) is 0.618. The molecular weight excluding hydrogens is 284 g/mol. The van der Waals surface area contributed by atoms with E-state index in [-0.39, 0.29) is 18.4 Å². The molecule has 116 valence electrons. The van der Waals surface area contributed by atoms with Crippen molar-refractivity contribution in [1.82, 2.24) is 5.32 Å². The Bertz CT molecular complexity index is 653. The van der Waals surface area contributed by atoms with Gasteiger partial charge in [0.25, 0.3) is 5.91 Å². The zero-order valence-corrected chi connectivity index (χ0v) is 12.8. The van der Waals surface area contributed by atoms with Crippen LogP contribution >= 0.6 is 0 Å². The number of carbonyl (C=O) groups is 3. The van der Waals surface area contributed by atoms with Crippen LogP contribution in [-0.4, -0.2) is 30.1 Å². The van der Waals surface area contributed by atoms with Crippen LogP contribution in [0.3, 0.4) is 0 Å². The summed E-state index contributed by atoms with van der Waals surface area (Å²) in [7, 11) is 0. The van der Waals surface area contributed by atoms with Crippen molar-refractivity contribution in [2.45, 2.75) is 27.2 Å². The first-order valence-electron chi connectivity index (χ1n) is 7.18. The maximum absolute atomic E-state index is 12.0. The molecule has 2 rings (SSSR count). The molecule has 2 amide bonds. The Hall–Kier alpha value is -2.50. The van der Waals surface area contributed by atoms with Gasteiger partial charge in [-0.3, -0.25) is 9.59 Å². The van der Waals surface area contributed by atoms with Gasteiger partial charge in [-0.1, -0.05) is 18.6 Å². The number of hydrogen-bond donors (Lipinski definition) is 1. The van der Waals surface area contributed by atoms with Crippen LogP contribution in [0.1, 0.15) is 27.2 Å². The van der Waals surface area contributed by atoms with Crippen molar-refractivity contribution >= 4 is 23.5 Å². The van der Waals surface area contributed by atoms with Crippen LogP contribution in [0.25, 0.3) is 0 Å². The van der Waals surface area contributed by atoms with E-state index in [0.29, 0.717) is 17.8 Å². The third kappa shape index (κ3) is 3.05. The lowest BCUT2D eigenvalue weighted by atomic mass is 9.84. The maximum atomic E-state index is 12.0. The van der Waals surface area contributed by atoms with Crippen LogP contribution in [0.2, 0.25) is 0 Å². The Morgan fingerprint density at radius 1 is 1.36 bits per heavy atom. The van der Waals surface area contributed by atoms with Gasteiger partial charge < -0.3 is 10.1 Å². The van der Waals surface area contributed by atoms with E-state index in [0.717, 1.165) is 11.1 Å². The van der Waals surface area contributed by atoms with Crippen LogP contribution in [-0.2, 0) is 19.1 Å². The normalized spacial score (nSPS) is 22.1. The van der Waals surface area contributed by atoms with Gasteiger partial charge in [0, 0.05) is 17.2 Å². The van der Waals surface area contributed by atoms with Crippen LogP contribution in [0, 0.1) is 5.92 Å². The fourth-order valence-electron chi connectivity index (χ4n) is 2.53. The van der Waals surface area contributed by atoms with Gasteiger partial charge in [0.2, 0.25) is 0 Å². The number of ether oxygens (including phenoxy) is 1. The van der Waals surface area contributed by atoms with E-state index in [4.69, 9.17) is 0 Å². The fraction of sp³-hybridized carbons (Fsp3) is 0.375. The highest BCUT2D eigenvalue weighted by Crippen LogP contribution is 2.31. The van der Waals surface area contributed by atoms with Crippen molar-refractivity contribution in [2.24, 2.45) is 10.9 Å². The molecule has 1 heterocycles. The second-order valence-corrected chi connectivity index (χ2v) is 4.97. The predicted molar refractivity (Wildman–Crippen MR) is 80.9 cm³/mol. The predicted octanol–water partition coefficient (Wildman–Crippen LogP) is 1.44. The molecule has 1 atom stereocenters. The van der Waals surface area contributed by atoms with E-state index in [1.807, 2.05) is 19.9 Å². The van der Waals surface area contributed by atoms with E-state index in [1.165, 1.54) is 0 Å². The second-order valence-electron chi connectivity index (χ2n) is 4.97.